The number of aryl methyl sites for hydroxylation is 1. The second kappa shape index (κ2) is 6.89. The Morgan fingerprint density at radius 3 is 2.50 bits per heavy atom. The number of hydrazine groups is 1. The molecular formula is C14H17ClN2O. The molecule has 0 heterocycles. The highest BCUT2D eigenvalue weighted by Gasteiger charge is 2.00. The van der Waals surface area contributed by atoms with Crippen LogP contribution in [0.3, 0.4) is 0 Å². The van der Waals surface area contributed by atoms with Crippen molar-refractivity contribution in [1.82, 2.24) is 0 Å². The molecule has 2 aromatic carbocycles. The highest BCUT2D eigenvalue weighted by atomic mass is 35.5. The zero-order valence-corrected chi connectivity index (χ0v) is 11.0. The summed E-state index contributed by atoms with van der Waals surface area (Å²) in [5.74, 6) is 6.23. The van der Waals surface area contributed by atoms with Crippen molar-refractivity contribution in [3.8, 4) is 5.75 Å². The van der Waals surface area contributed by atoms with Crippen molar-refractivity contribution in [2.24, 2.45) is 5.84 Å². The maximum absolute atomic E-state index is 5.69. The van der Waals surface area contributed by atoms with Gasteiger partial charge in [-0.25, -0.2) is 0 Å². The highest BCUT2D eigenvalue weighted by Crippen LogP contribution is 2.21. The van der Waals surface area contributed by atoms with E-state index in [0.29, 0.717) is 6.61 Å². The predicted molar refractivity (Wildman–Crippen MR) is 77.0 cm³/mol. The van der Waals surface area contributed by atoms with Crippen LogP contribution in [0.25, 0.3) is 0 Å². The summed E-state index contributed by atoms with van der Waals surface area (Å²) in [5, 5.41) is 0. The van der Waals surface area contributed by atoms with Gasteiger partial charge >= 0.3 is 0 Å². The Morgan fingerprint density at radius 2 is 1.83 bits per heavy atom. The summed E-state index contributed by atoms with van der Waals surface area (Å²) in [6.45, 7) is 2.56. The maximum atomic E-state index is 5.69. The number of nitrogens with one attached hydrogen (secondary N) is 1. The first-order valence-electron chi connectivity index (χ1n) is 5.53. The van der Waals surface area contributed by atoms with Gasteiger partial charge in [-0.3, -0.25) is 5.84 Å². The molecule has 0 radical (unpaired) electrons. The molecule has 2 aromatic rings. The zero-order chi connectivity index (χ0) is 12.1. The average molecular weight is 265 g/mol. The molecule has 0 atom stereocenters. The number of halogens is 1. The minimum Gasteiger partial charge on any atom is -0.489 e. The molecule has 18 heavy (non-hydrogen) atoms. The first kappa shape index (κ1) is 14.4. The van der Waals surface area contributed by atoms with Gasteiger partial charge in [-0.15, -0.1) is 12.4 Å². The minimum absolute atomic E-state index is 0. The number of rotatable bonds is 4. The van der Waals surface area contributed by atoms with E-state index in [1.54, 1.807) is 0 Å². The number of anilines is 1. The fourth-order valence-electron chi connectivity index (χ4n) is 1.59. The predicted octanol–water partition coefficient (Wildman–Crippen LogP) is 3.28. The summed E-state index contributed by atoms with van der Waals surface area (Å²) in [5.41, 5.74) is 5.78. The molecule has 0 amide bonds. The Bertz CT molecular complexity index is 488. The number of hydrogen-bond donors (Lipinski definition) is 2. The molecule has 96 valence electrons. The van der Waals surface area contributed by atoms with Crippen molar-refractivity contribution in [3.63, 3.8) is 0 Å². The minimum atomic E-state index is 0. The van der Waals surface area contributed by atoms with E-state index in [4.69, 9.17) is 10.6 Å². The van der Waals surface area contributed by atoms with Crippen molar-refractivity contribution < 1.29 is 4.74 Å². The van der Waals surface area contributed by atoms with E-state index in [9.17, 15) is 0 Å². The Kier molecular flexibility index (Phi) is 5.49. The molecule has 0 bridgehead atoms. The van der Waals surface area contributed by atoms with Crippen LogP contribution >= 0.6 is 12.4 Å². The fraction of sp³-hybridized carbons (Fsp3) is 0.143. The second-order valence-corrected chi connectivity index (χ2v) is 3.90. The fourth-order valence-corrected chi connectivity index (χ4v) is 1.59. The molecule has 0 aromatic heterocycles. The lowest BCUT2D eigenvalue weighted by Crippen LogP contribution is -2.08. The molecule has 0 aliphatic carbocycles. The maximum Gasteiger partial charge on any atom is 0.121 e. The third kappa shape index (κ3) is 3.65. The van der Waals surface area contributed by atoms with E-state index < -0.39 is 0 Å². The lowest BCUT2D eigenvalue weighted by Gasteiger charge is -2.10. The van der Waals surface area contributed by atoms with E-state index >= 15 is 0 Å². The third-order valence-corrected chi connectivity index (χ3v) is 2.61. The number of benzene rings is 2. The Morgan fingerprint density at radius 1 is 1.11 bits per heavy atom. The largest absolute Gasteiger partial charge is 0.489 e. The van der Waals surface area contributed by atoms with Crippen molar-refractivity contribution >= 4 is 18.1 Å². The number of ether oxygens (including phenoxy) is 1. The molecule has 0 aliphatic rings. The van der Waals surface area contributed by atoms with E-state index in [0.717, 1.165) is 22.6 Å². The van der Waals surface area contributed by atoms with Crippen LogP contribution in [0, 0.1) is 6.92 Å². The van der Waals surface area contributed by atoms with Crippen molar-refractivity contribution in [3.05, 3.63) is 59.7 Å². The third-order valence-electron chi connectivity index (χ3n) is 2.61. The smallest absolute Gasteiger partial charge is 0.121 e. The van der Waals surface area contributed by atoms with Gasteiger partial charge in [0, 0.05) is 6.07 Å². The van der Waals surface area contributed by atoms with Crippen LogP contribution in [-0.4, -0.2) is 0 Å². The molecule has 3 nitrogen and oxygen atoms in total. The molecule has 3 N–H and O–H groups in total. The van der Waals surface area contributed by atoms with Crippen LogP contribution in [0.5, 0.6) is 5.75 Å². The lowest BCUT2D eigenvalue weighted by atomic mass is 10.2. The summed E-state index contributed by atoms with van der Waals surface area (Å²) < 4.78 is 5.69. The van der Waals surface area contributed by atoms with Crippen molar-refractivity contribution in [2.75, 3.05) is 5.43 Å². The summed E-state index contributed by atoms with van der Waals surface area (Å²) in [4.78, 5) is 0. The lowest BCUT2D eigenvalue weighted by molar-refractivity contribution is 0.306. The SMILES string of the molecule is Cc1ccc(OCc2ccccc2)cc1NN.Cl. The standard InChI is InChI=1S/C14H16N2O.ClH/c1-11-7-8-13(9-14(11)16-15)17-10-12-5-3-2-4-6-12;/h2-9,16H,10,15H2,1H3;1H. The monoisotopic (exact) mass is 264 g/mol. The Labute approximate surface area is 113 Å². The van der Waals surface area contributed by atoms with Crippen LogP contribution in [0.15, 0.2) is 48.5 Å². The van der Waals surface area contributed by atoms with Crippen molar-refractivity contribution in [1.29, 1.82) is 0 Å². The number of nitrogen functional groups attached to an aromatic ring is 1. The molecule has 0 saturated heterocycles. The highest BCUT2D eigenvalue weighted by molar-refractivity contribution is 5.85. The van der Waals surface area contributed by atoms with Gasteiger partial charge in [0.15, 0.2) is 0 Å². The van der Waals surface area contributed by atoms with E-state index in [1.165, 1.54) is 0 Å². The van der Waals surface area contributed by atoms with E-state index in [-0.39, 0.29) is 12.4 Å². The molecule has 4 heteroatoms. The van der Waals surface area contributed by atoms with Gasteiger partial charge in [0.05, 0.1) is 5.69 Å². The number of hydrogen-bond acceptors (Lipinski definition) is 3. The molecular weight excluding hydrogens is 248 g/mol. The van der Waals surface area contributed by atoms with Crippen LogP contribution < -0.4 is 16.0 Å². The van der Waals surface area contributed by atoms with Crippen LogP contribution in [0.4, 0.5) is 5.69 Å². The van der Waals surface area contributed by atoms with Gasteiger partial charge in [0.25, 0.3) is 0 Å². The van der Waals surface area contributed by atoms with E-state index in [2.05, 4.69) is 5.43 Å². The summed E-state index contributed by atoms with van der Waals surface area (Å²) >= 11 is 0. The number of nitrogens with two attached hydrogens (primary N) is 1. The average Bonchev–Trinajstić information content (AvgIpc) is 2.39. The Hall–Kier alpha value is -1.71. The van der Waals surface area contributed by atoms with Crippen LogP contribution in [0.2, 0.25) is 0 Å². The van der Waals surface area contributed by atoms with Crippen LogP contribution in [-0.2, 0) is 6.61 Å². The van der Waals surface area contributed by atoms with Gasteiger partial charge in [0.2, 0.25) is 0 Å². The normalized spacial score (nSPS) is 9.44. The quantitative estimate of drug-likeness (QED) is 0.658. The second-order valence-electron chi connectivity index (χ2n) is 3.90. The molecule has 0 saturated carbocycles. The van der Waals surface area contributed by atoms with Gasteiger partial charge in [-0.05, 0) is 24.1 Å². The molecule has 0 unspecified atom stereocenters. The molecule has 2 rings (SSSR count). The molecule has 0 spiro atoms. The zero-order valence-electron chi connectivity index (χ0n) is 10.2. The van der Waals surface area contributed by atoms with Gasteiger partial charge < -0.3 is 10.2 Å². The summed E-state index contributed by atoms with van der Waals surface area (Å²) in [6, 6.07) is 15.9. The first-order chi connectivity index (χ1) is 8.29. The first-order valence-corrected chi connectivity index (χ1v) is 5.53. The van der Waals surface area contributed by atoms with E-state index in [1.807, 2.05) is 55.5 Å². The van der Waals surface area contributed by atoms with Gasteiger partial charge in [-0.1, -0.05) is 36.4 Å². The van der Waals surface area contributed by atoms with Crippen molar-refractivity contribution in [2.45, 2.75) is 13.5 Å². The van der Waals surface area contributed by atoms with Gasteiger partial charge in [0.1, 0.15) is 12.4 Å². The van der Waals surface area contributed by atoms with Crippen LogP contribution in [0.1, 0.15) is 11.1 Å². The van der Waals surface area contributed by atoms with Gasteiger partial charge in [-0.2, -0.15) is 0 Å². The molecule has 0 aliphatic heterocycles. The topological polar surface area (TPSA) is 47.3 Å². The summed E-state index contributed by atoms with van der Waals surface area (Å²) in [7, 11) is 0. The molecule has 0 fully saturated rings. The Balaban J connectivity index is 0.00000162. The summed E-state index contributed by atoms with van der Waals surface area (Å²) in [6.07, 6.45) is 0.